The summed E-state index contributed by atoms with van der Waals surface area (Å²) < 4.78 is 28.0. The van der Waals surface area contributed by atoms with E-state index in [2.05, 4.69) is 10.1 Å². The smallest absolute Gasteiger partial charge is 0.261 e. The van der Waals surface area contributed by atoms with E-state index in [0.717, 1.165) is 12.8 Å². The molecule has 82 valence electrons. The lowest BCUT2D eigenvalue weighted by Crippen LogP contribution is -2.45. The van der Waals surface area contributed by atoms with Gasteiger partial charge in [0.15, 0.2) is 0 Å². The Hall–Kier alpha value is -0.750. The maximum absolute atomic E-state index is 11.7. The number of nitrogens with one attached hydrogen (secondary N) is 1. The van der Waals surface area contributed by atoms with Crippen molar-refractivity contribution >= 4 is 5.91 Å². The van der Waals surface area contributed by atoms with E-state index in [1.54, 1.807) is 0 Å². The second kappa shape index (κ2) is 5.21. The quantitative estimate of drug-likeness (QED) is 0.612. The third kappa shape index (κ3) is 4.48. The third-order valence-electron chi connectivity index (χ3n) is 1.89. The molecule has 0 spiro atoms. The van der Waals surface area contributed by atoms with E-state index < -0.39 is 25.0 Å². The minimum atomic E-state index is -2.51. The van der Waals surface area contributed by atoms with Crippen LogP contribution < -0.4 is 11.1 Å². The van der Waals surface area contributed by atoms with Gasteiger partial charge in [0.25, 0.3) is 6.43 Å². The Morgan fingerprint density at radius 3 is 2.57 bits per heavy atom. The van der Waals surface area contributed by atoms with Crippen molar-refractivity contribution in [2.24, 2.45) is 5.73 Å². The van der Waals surface area contributed by atoms with Crippen LogP contribution >= 0.6 is 0 Å². The van der Waals surface area contributed by atoms with E-state index in [1.165, 1.54) is 0 Å². The number of rotatable bonds is 7. The lowest BCUT2D eigenvalue weighted by Gasteiger charge is -2.14. The summed E-state index contributed by atoms with van der Waals surface area (Å²) in [6.45, 7) is -0.744. The molecule has 6 heteroatoms. The van der Waals surface area contributed by atoms with E-state index in [0.29, 0.717) is 6.04 Å². The molecule has 0 aromatic rings. The summed E-state index contributed by atoms with van der Waals surface area (Å²) in [5.41, 5.74) is 5.06. The van der Waals surface area contributed by atoms with Crippen LogP contribution in [0.25, 0.3) is 0 Å². The van der Waals surface area contributed by atoms with E-state index in [-0.39, 0.29) is 6.61 Å². The van der Waals surface area contributed by atoms with E-state index in [4.69, 9.17) is 5.73 Å². The van der Waals surface area contributed by atoms with Gasteiger partial charge in [0.1, 0.15) is 12.6 Å². The average Bonchev–Trinajstić information content (AvgIpc) is 2.85. The van der Waals surface area contributed by atoms with Crippen molar-refractivity contribution in [3.05, 3.63) is 0 Å². The fraction of sp³-hybridized carbons (Fsp3) is 0.875. The van der Waals surface area contributed by atoms with Gasteiger partial charge in [0.05, 0.1) is 6.61 Å². The van der Waals surface area contributed by atoms with Crippen molar-refractivity contribution in [2.75, 3.05) is 13.2 Å². The van der Waals surface area contributed by atoms with Crippen molar-refractivity contribution in [1.29, 1.82) is 0 Å². The van der Waals surface area contributed by atoms with Gasteiger partial charge in [-0.05, 0) is 12.8 Å². The molecule has 0 bridgehead atoms. The standard InChI is InChI=1S/C8H14F2N2O2/c9-7(10)4-14-3-6(8(11)13)12-5-1-2-5/h5-7,12H,1-4H2,(H2,11,13). The Labute approximate surface area is 80.8 Å². The van der Waals surface area contributed by atoms with Gasteiger partial charge in [-0.15, -0.1) is 0 Å². The first-order valence-electron chi connectivity index (χ1n) is 4.51. The van der Waals surface area contributed by atoms with Gasteiger partial charge in [-0.25, -0.2) is 8.78 Å². The highest BCUT2D eigenvalue weighted by Crippen LogP contribution is 2.19. The molecule has 1 aliphatic rings. The Kier molecular flexibility index (Phi) is 4.21. The summed E-state index contributed by atoms with van der Waals surface area (Å²) in [6, 6.07) is -0.358. The SMILES string of the molecule is NC(=O)C(COCC(F)F)NC1CC1. The van der Waals surface area contributed by atoms with Gasteiger partial charge >= 0.3 is 0 Å². The molecule has 0 aromatic heterocycles. The summed E-state index contributed by atoms with van der Waals surface area (Å²) in [7, 11) is 0. The summed E-state index contributed by atoms with van der Waals surface area (Å²) in [6.07, 6.45) is -0.512. The molecule has 0 aromatic carbocycles. The highest BCUT2D eigenvalue weighted by atomic mass is 19.3. The number of alkyl halides is 2. The number of halogens is 2. The largest absolute Gasteiger partial charge is 0.373 e. The van der Waals surface area contributed by atoms with Crippen molar-refractivity contribution in [2.45, 2.75) is 31.4 Å². The zero-order valence-corrected chi connectivity index (χ0v) is 7.71. The molecule has 1 atom stereocenters. The first kappa shape index (κ1) is 11.3. The van der Waals surface area contributed by atoms with E-state index >= 15 is 0 Å². The molecule has 0 radical (unpaired) electrons. The van der Waals surface area contributed by atoms with Crippen LogP contribution in [0.4, 0.5) is 8.78 Å². The van der Waals surface area contributed by atoms with Crippen LogP contribution in [-0.4, -0.2) is 37.6 Å². The summed E-state index contributed by atoms with van der Waals surface area (Å²) in [5, 5.41) is 2.92. The normalized spacial score (nSPS) is 18.5. The van der Waals surface area contributed by atoms with Crippen molar-refractivity contribution < 1.29 is 18.3 Å². The van der Waals surface area contributed by atoms with Gasteiger partial charge in [0, 0.05) is 6.04 Å². The van der Waals surface area contributed by atoms with Crippen molar-refractivity contribution in [3.8, 4) is 0 Å². The zero-order chi connectivity index (χ0) is 10.6. The van der Waals surface area contributed by atoms with Gasteiger partial charge in [-0.2, -0.15) is 0 Å². The summed E-state index contributed by atoms with van der Waals surface area (Å²) in [4.78, 5) is 10.8. The first-order chi connectivity index (χ1) is 6.59. The van der Waals surface area contributed by atoms with Crippen LogP contribution in [0.5, 0.6) is 0 Å². The third-order valence-corrected chi connectivity index (χ3v) is 1.89. The molecule has 0 aliphatic heterocycles. The van der Waals surface area contributed by atoms with Crippen LogP contribution in [0.15, 0.2) is 0 Å². The Morgan fingerprint density at radius 2 is 2.14 bits per heavy atom. The first-order valence-corrected chi connectivity index (χ1v) is 4.51. The molecule has 1 saturated carbocycles. The van der Waals surface area contributed by atoms with Crippen LogP contribution in [0, 0.1) is 0 Å². The van der Waals surface area contributed by atoms with Crippen LogP contribution in [-0.2, 0) is 9.53 Å². The van der Waals surface area contributed by atoms with Crippen LogP contribution in [0.1, 0.15) is 12.8 Å². The Bertz CT molecular complexity index is 198. The molecule has 1 aliphatic carbocycles. The predicted molar refractivity (Wildman–Crippen MR) is 46.0 cm³/mol. The second-order valence-corrected chi connectivity index (χ2v) is 3.32. The monoisotopic (exact) mass is 208 g/mol. The molecular formula is C8H14F2N2O2. The molecule has 1 amide bonds. The maximum Gasteiger partial charge on any atom is 0.261 e. The second-order valence-electron chi connectivity index (χ2n) is 3.32. The number of carbonyl (C=O) groups excluding carboxylic acids is 1. The summed E-state index contributed by atoms with van der Waals surface area (Å²) in [5.74, 6) is -0.564. The molecule has 3 N–H and O–H groups in total. The number of carbonyl (C=O) groups is 1. The lowest BCUT2D eigenvalue weighted by atomic mass is 10.3. The lowest BCUT2D eigenvalue weighted by molar-refractivity contribution is -0.122. The van der Waals surface area contributed by atoms with Gasteiger partial charge < -0.3 is 15.8 Å². The van der Waals surface area contributed by atoms with Crippen LogP contribution in [0.3, 0.4) is 0 Å². The molecule has 4 nitrogen and oxygen atoms in total. The highest BCUT2D eigenvalue weighted by Gasteiger charge is 2.27. The molecule has 1 unspecified atom stereocenters. The number of hydrogen-bond donors (Lipinski definition) is 2. The Balaban J connectivity index is 2.17. The van der Waals surface area contributed by atoms with E-state index in [9.17, 15) is 13.6 Å². The molecule has 0 saturated heterocycles. The maximum atomic E-state index is 11.7. The van der Waals surface area contributed by atoms with Gasteiger partial charge in [-0.3, -0.25) is 4.79 Å². The fourth-order valence-corrected chi connectivity index (χ4v) is 1.02. The highest BCUT2D eigenvalue weighted by molar-refractivity contribution is 5.80. The number of ether oxygens (including phenoxy) is 1. The van der Waals surface area contributed by atoms with Gasteiger partial charge in [0.2, 0.25) is 5.91 Å². The molecule has 0 heterocycles. The van der Waals surface area contributed by atoms with Crippen molar-refractivity contribution in [3.63, 3.8) is 0 Å². The molecular weight excluding hydrogens is 194 g/mol. The minimum absolute atomic E-state index is 0.0871. The topological polar surface area (TPSA) is 64.4 Å². The molecule has 1 rings (SSSR count). The molecule has 14 heavy (non-hydrogen) atoms. The molecule has 1 fully saturated rings. The van der Waals surface area contributed by atoms with Crippen molar-refractivity contribution in [1.82, 2.24) is 5.32 Å². The fourth-order valence-electron chi connectivity index (χ4n) is 1.02. The van der Waals surface area contributed by atoms with Gasteiger partial charge in [-0.1, -0.05) is 0 Å². The number of primary amides is 1. The zero-order valence-electron chi connectivity index (χ0n) is 7.71. The van der Waals surface area contributed by atoms with E-state index in [1.807, 2.05) is 0 Å². The number of amides is 1. The summed E-state index contributed by atoms with van der Waals surface area (Å²) >= 11 is 0. The number of nitrogens with two attached hydrogens (primary N) is 1. The minimum Gasteiger partial charge on any atom is -0.373 e. The van der Waals surface area contributed by atoms with Crippen LogP contribution in [0.2, 0.25) is 0 Å². The Morgan fingerprint density at radius 1 is 1.50 bits per heavy atom. The average molecular weight is 208 g/mol. The number of hydrogen-bond acceptors (Lipinski definition) is 3. The predicted octanol–water partition coefficient (Wildman–Crippen LogP) is -0.126.